The highest BCUT2D eigenvalue weighted by molar-refractivity contribution is 7.99. The standard InChI is InChI=1S/C14H18N2O4S/c1-2-19-13(17)8-16-14(18)10-3-4-12(15-7-10)20-11-5-6-21-9-11/h3-4,7,11H,2,5-6,8-9H2,1H3,(H,16,18)/t11-/m0/s1. The number of pyridine rings is 1. The first kappa shape index (κ1) is 15.6. The molecule has 0 unspecified atom stereocenters. The van der Waals surface area contributed by atoms with Crippen molar-refractivity contribution in [2.24, 2.45) is 0 Å². The Labute approximate surface area is 127 Å². The molecule has 21 heavy (non-hydrogen) atoms. The summed E-state index contributed by atoms with van der Waals surface area (Å²) >= 11 is 1.86. The van der Waals surface area contributed by atoms with Gasteiger partial charge >= 0.3 is 5.97 Å². The molecule has 1 aliphatic rings. The second-order valence-corrected chi connectivity index (χ2v) is 5.63. The number of hydrogen-bond acceptors (Lipinski definition) is 6. The minimum atomic E-state index is -0.461. The molecule has 1 aliphatic heterocycles. The second kappa shape index (κ2) is 7.87. The van der Waals surface area contributed by atoms with Crippen molar-refractivity contribution in [1.29, 1.82) is 0 Å². The molecule has 1 N–H and O–H groups in total. The normalized spacial score (nSPS) is 17.3. The highest BCUT2D eigenvalue weighted by atomic mass is 32.2. The molecule has 0 aliphatic carbocycles. The number of nitrogens with one attached hydrogen (secondary N) is 1. The van der Waals surface area contributed by atoms with Gasteiger partial charge in [0.15, 0.2) is 0 Å². The van der Waals surface area contributed by atoms with Crippen LogP contribution in [0.4, 0.5) is 0 Å². The highest BCUT2D eigenvalue weighted by Gasteiger charge is 2.17. The average Bonchev–Trinajstić information content (AvgIpc) is 2.99. The third-order valence-corrected chi connectivity index (χ3v) is 4.00. The number of rotatable bonds is 6. The number of carbonyl (C=O) groups excluding carboxylic acids is 2. The summed E-state index contributed by atoms with van der Waals surface area (Å²) in [5, 5.41) is 2.48. The molecule has 0 aromatic carbocycles. The van der Waals surface area contributed by atoms with Crippen LogP contribution in [0.1, 0.15) is 23.7 Å². The number of carbonyl (C=O) groups is 2. The first-order valence-corrected chi connectivity index (χ1v) is 7.98. The summed E-state index contributed by atoms with van der Waals surface area (Å²) in [5.74, 6) is 1.78. The Hall–Kier alpha value is -1.76. The number of nitrogens with zero attached hydrogens (tertiary/aromatic N) is 1. The average molecular weight is 310 g/mol. The number of hydrogen-bond donors (Lipinski definition) is 1. The van der Waals surface area contributed by atoms with Gasteiger partial charge in [-0.15, -0.1) is 0 Å². The molecule has 2 rings (SSSR count). The topological polar surface area (TPSA) is 77.5 Å². The summed E-state index contributed by atoms with van der Waals surface area (Å²) in [4.78, 5) is 27.1. The van der Waals surface area contributed by atoms with E-state index in [-0.39, 0.29) is 18.6 Å². The molecule has 0 saturated carbocycles. The van der Waals surface area contributed by atoms with Crippen LogP contribution in [-0.4, -0.2) is 47.6 Å². The summed E-state index contributed by atoms with van der Waals surface area (Å²) in [6, 6.07) is 3.30. The quantitative estimate of drug-likeness (QED) is 0.797. The van der Waals surface area contributed by atoms with Gasteiger partial charge in [0.1, 0.15) is 12.6 Å². The van der Waals surface area contributed by atoms with Crippen molar-refractivity contribution < 1.29 is 19.1 Å². The number of ether oxygens (including phenoxy) is 2. The third-order valence-electron chi connectivity index (χ3n) is 2.87. The van der Waals surface area contributed by atoms with Gasteiger partial charge in [-0.1, -0.05) is 0 Å². The zero-order valence-electron chi connectivity index (χ0n) is 11.8. The fraction of sp³-hybridized carbons (Fsp3) is 0.500. The summed E-state index contributed by atoms with van der Waals surface area (Å²) in [6.45, 7) is 1.86. The summed E-state index contributed by atoms with van der Waals surface area (Å²) in [5.41, 5.74) is 0.382. The van der Waals surface area contributed by atoms with Gasteiger partial charge in [0.25, 0.3) is 5.91 Å². The maximum Gasteiger partial charge on any atom is 0.325 e. The molecule has 1 aromatic rings. The molecular formula is C14H18N2O4S. The van der Waals surface area contributed by atoms with Crippen LogP contribution in [0.5, 0.6) is 5.88 Å². The minimum absolute atomic E-state index is 0.149. The summed E-state index contributed by atoms with van der Waals surface area (Å²) < 4.78 is 10.4. The van der Waals surface area contributed by atoms with E-state index in [1.54, 1.807) is 19.1 Å². The van der Waals surface area contributed by atoms with Gasteiger partial charge in [-0.05, 0) is 25.2 Å². The van der Waals surface area contributed by atoms with Crippen LogP contribution in [0.25, 0.3) is 0 Å². The van der Waals surface area contributed by atoms with E-state index in [4.69, 9.17) is 9.47 Å². The molecule has 7 heteroatoms. The maximum absolute atomic E-state index is 11.8. The van der Waals surface area contributed by atoms with Crippen LogP contribution in [0, 0.1) is 0 Å². The van der Waals surface area contributed by atoms with Gasteiger partial charge in [-0.25, -0.2) is 4.98 Å². The van der Waals surface area contributed by atoms with E-state index in [0.29, 0.717) is 18.1 Å². The van der Waals surface area contributed by atoms with Crippen LogP contribution in [-0.2, 0) is 9.53 Å². The third kappa shape index (κ3) is 4.93. The van der Waals surface area contributed by atoms with Crippen molar-refractivity contribution >= 4 is 23.6 Å². The predicted molar refractivity (Wildman–Crippen MR) is 79.6 cm³/mol. The van der Waals surface area contributed by atoms with E-state index in [1.165, 1.54) is 6.20 Å². The SMILES string of the molecule is CCOC(=O)CNC(=O)c1ccc(O[C@H]2CCSC2)nc1. The highest BCUT2D eigenvalue weighted by Crippen LogP contribution is 2.21. The molecule has 2 heterocycles. The Bertz CT molecular complexity index is 486. The first-order chi connectivity index (χ1) is 10.2. The van der Waals surface area contributed by atoms with Crippen LogP contribution < -0.4 is 10.1 Å². The van der Waals surface area contributed by atoms with Gasteiger partial charge in [0, 0.05) is 18.0 Å². The van der Waals surface area contributed by atoms with E-state index in [9.17, 15) is 9.59 Å². The number of esters is 1. The van der Waals surface area contributed by atoms with Crippen molar-refractivity contribution in [3.05, 3.63) is 23.9 Å². The van der Waals surface area contributed by atoms with Gasteiger partial charge < -0.3 is 14.8 Å². The summed E-state index contributed by atoms with van der Waals surface area (Å²) in [7, 11) is 0. The van der Waals surface area contributed by atoms with E-state index in [0.717, 1.165) is 17.9 Å². The maximum atomic E-state index is 11.8. The van der Waals surface area contributed by atoms with Crippen LogP contribution in [0.15, 0.2) is 18.3 Å². The lowest BCUT2D eigenvalue weighted by Crippen LogP contribution is -2.30. The molecule has 1 amide bonds. The number of aromatic nitrogens is 1. The van der Waals surface area contributed by atoms with E-state index in [2.05, 4.69) is 10.3 Å². The smallest absolute Gasteiger partial charge is 0.325 e. The van der Waals surface area contributed by atoms with Crippen LogP contribution in [0.2, 0.25) is 0 Å². The minimum Gasteiger partial charge on any atom is -0.473 e. The van der Waals surface area contributed by atoms with Crippen molar-refractivity contribution in [3.8, 4) is 5.88 Å². The Balaban J connectivity index is 1.83. The molecular weight excluding hydrogens is 292 g/mol. The lowest BCUT2D eigenvalue weighted by Gasteiger charge is -2.11. The zero-order valence-corrected chi connectivity index (χ0v) is 12.6. The second-order valence-electron chi connectivity index (χ2n) is 4.48. The van der Waals surface area contributed by atoms with Crippen molar-refractivity contribution in [1.82, 2.24) is 10.3 Å². The molecule has 1 atom stereocenters. The molecule has 1 saturated heterocycles. The molecule has 114 valence electrons. The predicted octanol–water partition coefficient (Wildman–Crippen LogP) is 1.26. The van der Waals surface area contributed by atoms with E-state index >= 15 is 0 Å². The Morgan fingerprint density at radius 2 is 2.33 bits per heavy atom. The Kier molecular flexibility index (Phi) is 5.86. The van der Waals surface area contributed by atoms with Crippen molar-refractivity contribution in [2.75, 3.05) is 24.7 Å². The lowest BCUT2D eigenvalue weighted by molar-refractivity contribution is -0.141. The first-order valence-electron chi connectivity index (χ1n) is 6.83. The lowest BCUT2D eigenvalue weighted by atomic mass is 10.2. The molecule has 0 spiro atoms. The van der Waals surface area contributed by atoms with Gasteiger partial charge in [-0.2, -0.15) is 11.8 Å². The molecule has 6 nitrogen and oxygen atoms in total. The van der Waals surface area contributed by atoms with Gasteiger partial charge in [0.05, 0.1) is 12.2 Å². The molecule has 0 bridgehead atoms. The molecule has 1 aromatic heterocycles. The fourth-order valence-electron chi connectivity index (χ4n) is 1.83. The van der Waals surface area contributed by atoms with Crippen molar-refractivity contribution in [3.63, 3.8) is 0 Å². The monoisotopic (exact) mass is 310 g/mol. The molecule has 1 fully saturated rings. The molecule has 0 radical (unpaired) electrons. The Morgan fingerprint density at radius 3 is 2.95 bits per heavy atom. The van der Waals surface area contributed by atoms with E-state index in [1.807, 2.05) is 11.8 Å². The fourth-order valence-corrected chi connectivity index (χ4v) is 2.92. The van der Waals surface area contributed by atoms with Crippen molar-refractivity contribution in [2.45, 2.75) is 19.4 Å². The van der Waals surface area contributed by atoms with Gasteiger partial charge in [-0.3, -0.25) is 9.59 Å². The number of thioether (sulfide) groups is 1. The zero-order chi connectivity index (χ0) is 15.1. The van der Waals surface area contributed by atoms with Crippen LogP contribution >= 0.6 is 11.8 Å². The number of amides is 1. The Morgan fingerprint density at radius 1 is 1.48 bits per heavy atom. The summed E-state index contributed by atoms with van der Waals surface area (Å²) in [6.07, 6.45) is 2.66. The van der Waals surface area contributed by atoms with Gasteiger partial charge in [0.2, 0.25) is 5.88 Å². The largest absolute Gasteiger partial charge is 0.473 e. The van der Waals surface area contributed by atoms with Crippen LogP contribution in [0.3, 0.4) is 0 Å². The van der Waals surface area contributed by atoms with E-state index < -0.39 is 5.97 Å².